The van der Waals surface area contributed by atoms with Crippen LogP contribution < -0.4 is 4.90 Å². The van der Waals surface area contributed by atoms with Gasteiger partial charge in [-0.1, -0.05) is 6.08 Å². The molecule has 0 spiro atoms. The minimum absolute atomic E-state index is 0.216. The molecule has 0 unspecified atom stereocenters. The van der Waals surface area contributed by atoms with Crippen LogP contribution in [0.25, 0.3) is 0 Å². The Bertz CT molecular complexity index is 372. The summed E-state index contributed by atoms with van der Waals surface area (Å²) in [6.45, 7) is 4.74. The van der Waals surface area contributed by atoms with Crippen molar-refractivity contribution in [1.82, 2.24) is 4.98 Å². The average molecular weight is 240 g/mol. The van der Waals surface area contributed by atoms with E-state index in [1.165, 1.54) is 12.3 Å². The van der Waals surface area contributed by atoms with Gasteiger partial charge in [0.2, 0.25) is 0 Å². The van der Waals surface area contributed by atoms with Gasteiger partial charge in [0.1, 0.15) is 0 Å². The fourth-order valence-electron chi connectivity index (χ4n) is 1.45. The number of hydrogen-bond acceptors (Lipinski definition) is 4. The van der Waals surface area contributed by atoms with Gasteiger partial charge in [-0.15, -0.1) is 6.58 Å². The number of pyridine rings is 1. The Hall–Kier alpha value is -1.46. The zero-order valence-electron chi connectivity index (χ0n) is 9.90. The lowest BCUT2D eigenvalue weighted by Gasteiger charge is -2.22. The van der Waals surface area contributed by atoms with Crippen LogP contribution in [-0.2, 0) is 11.3 Å². The first-order valence-corrected chi connectivity index (χ1v) is 5.33. The molecule has 0 saturated heterocycles. The largest absolute Gasteiger partial charge is 0.392 e. The third kappa shape index (κ3) is 3.51. The fraction of sp³-hybridized carbons (Fsp3) is 0.417. The van der Waals surface area contributed by atoms with Gasteiger partial charge in [0.25, 0.3) is 0 Å². The number of aromatic nitrogens is 1. The standard InChI is InChI=1S/C12H17FN2O2/c1-3-6-15(7-8-17-2)12-11(13)10(9-16)4-5-14-12/h3-5,16H,1,6-9H2,2H3. The van der Waals surface area contributed by atoms with Crippen molar-refractivity contribution in [2.45, 2.75) is 6.61 Å². The first-order valence-electron chi connectivity index (χ1n) is 5.33. The van der Waals surface area contributed by atoms with Gasteiger partial charge >= 0.3 is 0 Å². The van der Waals surface area contributed by atoms with E-state index in [0.717, 1.165) is 0 Å². The van der Waals surface area contributed by atoms with E-state index in [0.29, 0.717) is 19.7 Å². The predicted molar refractivity (Wildman–Crippen MR) is 64.4 cm³/mol. The van der Waals surface area contributed by atoms with Gasteiger partial charge in [0, 0.05) is 32.0 Å². The summed E-state index contributed by atoms with van der Waals surface area (Å²) in [6, 6.07) is 1.46. The molecule has 0 aliphatic heterocycles. The Balaban J connectivity index is 2.95. The summed E-state index contributed by atoms with van der Waals surface area (Å²) in [6.07, 6.45) is 3.15. The van der Waals surface area contributed by atoms with Crippen LogP contribution in [0.2, 0.25) is 0 Å². The van der Waals surface area contributed by atoms with E-state index in [9.17, 15) is 4.39 Å². The summed E-state index contributed by atoms with van der Waals surface area (Å²) in [7, 11) is 1.58. The Labute approximate surface area is 100 Å². The second-order valence-corrected chi connectivity index (χ2v) is 3.49. The lowest BCUT2D eigenvalue weighted by atomic mass is 10.2. The number of hydrogen-bond donors (Lipinski definition) is 1. The van der Waals surface area contributed by atoms with E-state index >= 15 is 0 Å². The number of aliphatic hydroxyl groups is 1. The molecule has 1 aromatic heterocycles. The average Bonchev–Trinajstić information content (AvgIpc) is 2.35. The molecule has 4 nitrogen and oxygen atoms in total. The molecular weight excluding hydrogens is 223 g/mol. The molecule has 0 amide bonds. The molecule has 0 aromatic carbocycles. The molecule has 0 bridgehead atoms. The first-order chi connectivity index (χ1) is 8.24. The highest BCUT2D eigenvalue weighted by molar-refractivity contribution is 5.43. The van der Waals surface area contributed by atoms with Crippen LogP contribution >= 0.6 is 0 Å². The molecule has 0 fully saturated rings. The number of aliphatic hydroxyl groups excluding tert-OH is 1. The van der Waals surface area contributed by atoms with Crippen molar-refractivity contribution in [3.63, 3.8) is 0 Å². The molecule has 94 valence electrons. The Morgan fingerprint density at radius 1 is 1.65 bits per heavy atom. The highest BCUT2D eigenvalue weighted by Crippen LogP contribution is 2.19. The van der Waals surface area contributed by atoms with Gasteiger partial charge in [0.05, 0.1) is 13.2 Å². The van der Waals surface area contributed by atoms with Gasteiger partial charge in [-0.2, -0.15) is 0 Å². The molecule has 1 aromatic rings. The molecule has 5 heteroatoms. The predicted octanol–water partition coefficient (Wildman–Crippen LogP) is 1.35. The summed E-state index contributed by atoms with van der Waals surface area (Å²) >= 11 is 0. The zero-order chi connectivity index (χ0) is 12.7. The monoisotopic (exact) mass is 240 g/mol. The van der Waals surface area contributed by atoms with Gasteiger partial charge in [0.15, 0.2) is 11.6 Å². The normalized spacial score (nSPS) is 10.3. The van der Waals surface area contributed by atoms with Gasteiger partial charge < -0.3 is 14.7 Å². The minimum atomic E-state index is -0.493. The van der Waals surface area contributed by atoms with Gasteiger partial charge in [-0.25, -0.2) is 9.37 Å². The van der Waals surface area contributed by atoms with E-state index in [1.54, 1.807) is 18.1 Å². The second kappa shape index (κ2) is 6.98. The molecule has 1 N–H and O–H groups in total. The van der Waals surface area contributed by atoms with Crippen LogP contribution in [0.4, 0.5) is 10.2 Å². The van der Waals surface area contributed by atoms with Gasteiger partial charge in [-0.3, -0.25) is 0 Å². The van der Waals surface area contributed by atoms with E-state index in [-0.39, 0.29) is 18.0 Å². The molecule has 1 heterocycles. The topological polar surface area (TPSA) is 45.6 Å². The lowest BCUT2D eigenvalue weighted by Crippen LogP contribution is -2.29. The van der Waals surface area contributed by atoms with Crippen molar-refractivity contribution >= 4 is 5.82 Å². The number of ether oxygens (including phenoxy) is 1. The van der Waals surface area contributed by atoms with Crippen LogP contribution in [0.15, 0.2) is 24.9 Å². The Morgan fingerprint density at radius 2 is 2.41 bits per heavy atom. The van der Waals surface area contributed by atoms with Crippen LogP contribution in [0.3, 0.4) is 0 Å². The number of nitrogens with zero attached hydrogens (tertiary/aromatic N) is 2. The fourth-order valence-corrected chi connectivity index (χ4v) is 1.45. The molecule has 0 atom stereocenters. The Kier molecular flexibility index (Phi) is 5.59. The number of rotatable bonds is 7. The molecule has 1 rings (SSSR count). The summed E-state index contributed by atoms with van der Waals surface area (Å²) in [5, 5.41) is 9.00. The summed E-state index contributed by atoms with van der Waals surface area (Å²) in [5.41, 5.74) is 0.237. The van der Waals surface area contributed by atoms with Crippen molar-refractivity contribution in [1.29, 1.82) is 0 Å². The molecule has 0 aliphatic rings. The summed E-state index contributed by atoms with van der Waals surface area (Å²) in [5.74, 6) is -0.276. The summed E-state index contributed by atoms with van der Waals surface area (Å²) < 4.78 is 18.9. The highest BCUT2D eigenvalue weighted by atomic mass is 19.1. The summed E-state index contributed by atoms with van der Waals surface area (Å²) in [4.78, 5) is 5.71. The smallest absolute Gasteiger partial charge is 0.171 e. The van der Waals surface area contributed by atoms with Crippen molar-refractivity contribution < 1.29 is 14.2 Å². The number of methoxy groups -OCH3 is 1. The van der Waals surface area contributed by atoms with Crippen LogP contribution in [0, 0.1) is 5.82 Å². The molecule has 0 saturated carbocycles. The quantitative estimate of drug-likeness (QED) is 0.731. The molecule has 17 heavy (non-hydrogen) atoms. The maximum absolute atomic E-state index is 13.9. The lowest BCUT2D eigenvalue weighted by molar-refractivity contribution is 0.205. The van der Waals surface area contributed by atoms with E-state index in [1.807, 2.05) is 0 Å². The van der Waals surface area contributed by atoms with Crippen LogP contribution in [-0.4, -0.2) is 36.9 Å². The zero-order valence-corrected chi connectivity index (χ0v) is 9.90. The highest BCUT2D eigenvalue weighted by Gasteiger charge is 2.14. The molecule has 0 aliphatic carbocycles. The van der Waals surface area contributed by atoms with E-state index in [4.69, 9.17) is 9.84 Å². The van der Waals surface area contributed by atoms with Crippen LogP contribution in [0.1, 0.15) is 5.56 Å². The minimum Gasteiger partial charge on any atom is -0.392 e. The molecular formula is C12H17FN2O2. The van der Waals surface area contributed by atoms with Crippen molar-refractivity contribution in [2.75, 3.05) is 31.7 Å². The SMILES string of the molecule is C=CCN(CCOC)c1nccc(CO)c1F. The second-order valence-electron chi connectivity index (χ2n) is 3.49. The van der Waals surface area contributed by atoms with Crippen molar-refractivity contribution in [2.24, 2.45) is 0 Å². The van der Waals surface area contributed by atoms with Gasteiger partial charge in [-0.05, 0) is 6.07 Å². The molecule has 0 radical (unpaired) electrons. The van der Waals surface area contributed by atoms with E-state index < -0.39 is 5.82 Å². The maximum atomic E-state index is 13.9. The Morgan fingerprint density at radius 3 is 3.00 bits per heavy atom. The maximum Gasteiger partial charge on any atom is 0.171 e. The third-order valence-electron chi connectivity index (χ3n) is 2.34. The van der Waals surface area contributed by atoms with Crippen molar-refractivity contribution in [3.8, 4) is 0 Å². The van der Waals surface area contributed by atoms with E-state index in [2.05, 4.69) is 11.6 Å². The third-order valence-corrected chi connectivity index (χ3v) is 2.34. The van der Waals surface area contributed by atoms with Crippen LogP contribution in [0.5, 0.6) is 0 Å². The van der Waals surface area contributed by atoms with Crippen molar-refractivity contribution in [3.05, 3.63) is 36.3 Å². The first kappa shape index (κ1) is 13.6. The number of anilines is 1. The number of halogens is 1.